The normalized spacial score (nSPS) is 18.1. The third-order valence-corrected chi connectivity index (χ3v) is 4.47. The first-order valence-corrected chi connectivity index (χ1v) is 7.51. The van der Waals surface area contributed by atoms with E-state index in [-0.39, 0.29) is 5.92 Å². The molecule has 118 valence electrons. The van der Waals surface area contributed by atoms with Crippen LogP contribution < -0.4 is 5.32 Å². The molecule has 4 rings (SSSR count). The highest BCUT2D eigenvalue weighted by atomic mass is 19.4. The maximum absolute atomic E-state index is 12.7. The van der Waals surface area contributed by atoms with Gasteiger partial charge in [-0.05, 0) is 29.3 Å². The Labute approximate surface area is 131 Å². The van der Waals surface area contributed by atoms with Crippen LogP contribution in [0.3, 0.4) is 0 Å². The van der Waals surface area contributed by atoms with Crippen LogP contribution in [0, 0.1) is 0 Å². The summed E-state index contributed by atoms with van der Waals surface area (Å²) in [5.41, 5.74) is 3.67. The number of aromatic nitrogens is 1. The number of nitrogens with one attached hydrogen (secondary N) is 2. The molecule has 0 aliphatic carbocycles. The van der Waals surface area contributed by atoms with Crippen molar-refractivity contribution in [1.82, 2.24) is 10.3 Å². The Bertz CT molecular complexity index is 847. The monoisotopic (exact) mass is 316 g/mol. The van der Waals surface area contributed by atoms with Gasteiger partial charge in [-0.15, -0.1) is 0 Å². The molecule has 0 saturated carbocycles. The van der Waals surface area contributed by atoms with E-state index in [1.807, 2.05) is 18.2 Å². The predicted octanol–water partition coefficient (Wildman–Crippen LogP) is 4.42. The van der Waals surface area contributed by atoms with Crippen molar-refractivity contribution < 1.29 is 13.2 Å². The van der Waals surface area contributed by atoms with Crippen molar-refractivity contribution in [3.05, 3.63) is 70.9 Å². The van der Waals surface area contributed by atoms with Gasteiger partial charge < -0.3 is 10.3 Å². The molecule has 2 N–H and O–H groups in total. The number of fused-ring (bicyclic) bond motifs is 3. The van der Waals surface area contributed by atoms with Crippen LogP contribution in [0.15, 0.2) is 48.5 Å². The Morgan fingerprint density at radius 2 is 1.70 bits per heavy atom. The van der Waals surface area contributed by atoms with Crippen LogP contribution in [0.4, 0.5) is 13.2 Å². The number of hydrogen-bond acceptors (Lipinski definition) is 1. The van der Waals surface area contributed by atoms with Crippen LogP contribution in [-0.4, -0.2) is 11.5 Å². The van der Waals surface area contributed by atoms with E-state index in [9.17, 15) is 13.2 Å². The number of hydrogen-bond donors (Lipinski definition) is 2. The van der Waals surface area contributed by atoms with Gasteiger partial charge in [-0.1, -0.05) is 30.3 Å². The Balaban J connectivity index is 1.80. The van der Waals surface area contributed by atoms with Crippen LogP contribution in [0.5, 0.6) is 0 Å². The average Bonchev–Trinajstić information content (AvgIpc) is 2.93. The summed E-state index contributed by atoms with van der Waals surface area (Å²) in [7, 11) is 0. The Morgan fingerprint density at radius 3 is 2.43 bits per heavy atom. The second-order valence-electron chi connectivity index (χ2n) is 5.87. The van der Waals surface area contributed by atoms with E-state index in [0.29, 0.717) is 0 Å². The smallest absolute Gasteiger partial charge is 0.357 e. The molecule has 0 fully saturated rings. The van der Waals surface area contributed by atoms with Gasteiger partial charge in [0.1, 0.15) is 0 Å². The summed E-state index contributed by atoms with van der Waals surface area (Å²) in [5.74, 6) is 0.0529. The number of rotatable bonds is 1. The molecule has 5 heteroatoms. The van der Waals surface area contributed by atoms with Crippen molar-refractivity contribution >= 4 is 10.9 Å². The molecule has 0 saturated heterocycles. The van der Waals surface area contributed by atoms with Crippen LogP contribution in [0.1, 0.15) is 28.3 Å². The first kappa shape index (κ1) is 14.3. The van der Waals surface area contributed by atoms with Gasteiger partial charge in [0.15, 0.2) is 0 Å². The lowest BCUT2D eigenvalue weighted by Crippen LogP contribution is -2.28. The van der Waals surface area contributed by atoms with Crippen molar-refractivity contribution in [2.24, 2.45) is 0 Å². The maximum Gasteiger partial charge on any atom is 0.416 e. The van der Waals surface area contributed by atoms with Gasteiger partial charge in [-0.25, -0.2) is 0 Å². The summed E-state index contributed by atoms with van der Waals surface area (Å²) in [6, 6.07) is 13.6. The highest BCUT2D eigenvalue weighted by Crippen LogP contribution is 2.37. The minimum Gasteiger partial charge on any atom is -0.357 e. The number of alkyl halides is 3. The summed E-state index contributed by atoms with van der Waals surface area (Å²) >= 11 is 0. The fourth-order valence-electron chi connectivity index (χ4n) is 3.39. The van der Waals surface area contributed by atoms with Gasteiger partial charge in [-0.2, -0.15) is 13.2 Å². The standard InChI is InChI=1S/C18H15F3N2/c19-18(20,21)12-7-5-11(6-8-12)14-9-22-10-16-17(14)13-3-1-2-4-15(13)23-16/h1-8,14,22-23H,9-10H2. The topological polar surface area (TPSA) is 27.8 Å². The number of para-hydroxylation sites is 1. The van der Waals surface area contributed by atoms with E-state index in [0.717, 1.165) is 35.2 Å². The summed E-state index contributed by atoms with van der Waals surface area (Å²) in [4.78, 5) is 3.41. The number of benzene rings is 2. The fourth-order valence-corrected chi connectivity index (χ4v) is 3.39. The first-order valence-electron chi connectivity index (χ1n) is 7.51. The number of aromatic amines is 1. The molecule has 1 aliphatic rings. The van der Waals surface area contributed by atoms with Crippen LogP contribution in [0.2, 0.25) is 0 Å². The summed E-state index contributed by atoms with van der Waals surface area (Å²) in [6.07, 6.45) is -4.30. The zero-order chi connectivity index (χ0) is 16.0. The molecular weight excluding hydrogens is 301 g/mol. The molecule has 0 amide bonds. The number of halogens is 3. The van der Waals surface area contributed by atoms with Gasteiger partial charge in [0.05, 0.1) is 5.56 Å². The van der Waals surface area contributed by atoms with Gasteiger partial charge in [0.2, 0.25) is 0 Å². The van der Waals surface area contributed by atoms with Crippen molar-refractivity contribution in [2.45, 2.75) is 18.6 Å². The van der Waals surface area contributed by atoms with E-state index in [4.69, 9.17) is 0 Å². The minimum absolute atomic E-state index is 0.0529. The van der Waals surface area contributed by atoms with Gasteiger partial charge in [0, 0.05) is 35.6 Å². The summed E-state index contributed by atoms with van der Waals surface area (Å²) in [5, 5.41) is 4.49. The summed E-state index contributed by atoms with van der Waals surface area (Å²) < 4.78 is 38.2. The highest BCUT2D eigenvalue weighted by molar-refractivity contribution is 5.86. The van der Waals surface area contributed by atoms with Gasteiger partial charge >= 0.3 is 6.18 Å². The van der Waals surface area contributed by atoms with Gasteiger partial charge in [0.25, 0.3) is 0 Å². The molecule has 0 radical (unpaired) electrons. The van der Waals surface area contributed by atoms with Crippen molar-refractivity contribution in [3.63, 3.8) is 0 Å². The highest BCUT2D eigenvalue weighted by Gasteiger charge is 2.31. The Morgan fingerprint density at radius 1 is 0.957 bits per heavy atom. The zero-order valence-electron chi connectivity index (χ0n) is 12.2. The molecule has 2 heterocycles. The van der Waals surface area contributed by atoms with Crippen molar-refractivity contribution in [2.75, 3.05) is 6.54 Å². The van der Waals surface area contributed by atoms with E-state index in [1.54, 1.807) is 12.1 Å². The lowest BCUT2D eigenvalue weighted by molar-refractivity contribution is -0.137. The summed E-state index contributed by atoms with van der Waals surface area (Å²) in [6.45, 7) is 1.47. The number of H-pyrrole nitrogens is 1. The quantitative estimate of drug-likeness (QED) is 0.683. The molecular formula is C18H15F3N2. The lowest BCUT2D eigenvalue weighted by Gasteiger charge is -2.25. The second kappa shape index (κ2) is 5.13. The van der Waals surface area contributed by atoms with E-state index >= 15 is 0 Å². The van der Waals surface area contributed by atoms with Crippen molar-refractivity contribution in [3.8, 4) is 0 Å². The molecule has 1 unspecified atom stereocenters. The molecule has 2 nitrogen and oxygen atoms in total. The van der Waals surface area contributed by atoms with Crippen LogP contribution >= 0.6 is 0 Å². The third-order valence-electron chi connectivity index (χ3n) is 4.47. The molecule has 0 spiro atoms. The molecule has 1 aromatic heterocycles. The zero-order valence-corrected chi connectivity index (χ0v) is 12.2. The molecule has 23 heavy (non-hydrogen) atoms. The Kier molecular flexibility index (Phi) is 3.20. The second-order valence-corrected chi connectivity index (χ2v) is 5.87. The lowest BCUT2D eigenvalue weighted by atomic mass is 9.86. The van der Waals surface area contributed by atoms with E-state index < -0.39 is 11.7 Å². The van der Waals surface area contributed by atoms with Crippen LogP contribution in [-0.2, 0) is 12.7 Å². The molecule has 3 aromatic rings. The average molecular weight is 316 g/mol. The fraction of sp³-hybridized carbons (Fsp3) is 0.222. The van der Waals surface area contributed by atoms with E-state index in [1.165, 1.54) is 17.7 Å². The molecule has 1 atom stereocenters. The third kappa shape index (κ3) is 2.41. The molecule has 2 aromatic carbocycles. The molecule has 1 aliphatic heterocycles. The minimum atomic E-state index is -4.30. The predicted molar refractivity (Wildman–Crippen MR) is 83.3 cm³/mol. The SMILES string of the molecule is FC(F)(F)c1ccc(C2CNCc3[nH]c4ccccc4c32)cc1. The largest absolute Gasteiger partial charge is 0.416 e. The van der Waals surface area contributed by atoms with Crippen LogP contribution in [0.25, 0.3) is 10.9 Å². The first-order chi connectivity index (χ1) is 11.0. The van der Waals surface area contributed by atoms with Gasteiger partial charge in [-0.3, -0.25) is 0 Å². The van der Waals surface area contributed by atoms with Crippen molar-refractivity contribution in [1.29, 1.82) is 0 Å². The molecule has 0 bridgehead atoms. The Hall–Kier alpha value is -2.27. The van der Waals surface area contributed by atoms with E-state index in [2.05, 4.69) is 16.4 Å². The maximum atomic E-state index is 12.7.